The summed E-state index contributed by atoms with van der Waals surface area (Å²) in [5.74, 6) is 0.381. The lowest BCUT2D eigenvalue weighted by atomic mass is 9.96. The zero-order valence-corrected chi connectivity index (χ0v) is 17.8. The highest BCUT2D eigenvalue weighted by Crippen LogP contribution is 2.31. The molecule has 0 saturated carbocycles. The molecule has 3 aromatic carbocycles. The zero-order chi connectivity index (χ0) is 21.0. The number of sulfonamides is 1. The van der Waals surface area contributed by atoms with E-state index in [0.29, 0.717) is 31.9 Å². The summed E-state index contributed by atoms with van der Waals surface area (Å²) in [4.78, 5) is 2.59. The second-order valence-electron chi connectivity index (χ2n) is 7.31. The number of methoxy groups -OCH3 is 1. The Bertz CT molecular complexity index is 1020. The van der Waals surface area contributed by atoms with Crippen LogP contribution in [-0.2, 0) is 10.0 Å². The minimum Gasteiger partial charge on any atom is -0.495 e. The molecule has 0 bridgehead atoms. The van der Waals surface area contributed by atoms with Gasteiger partial charge in [0.2, 0.25) is 10.0 Å². The van der Waals surface area contributed by atoms with E-state index in [1.54, 1.807) is 28.6 Å². The van der Waals surface area contributed by atoms with Gasteiger partial charge in [-0.3, -0.25) is 4.90 Å². The number of ether oxygens (including phenoxy) is 1. The lowest BCUT2D eigenvalue weighted by molar-refractivity contribution is 0.155. The van der Waals surface area contributed by atoms with E-state index in [-0.39, 0.29) is 10.9 Å². The Labute approximate surface area is 178 Å². The van der Waals surface area contributed by atoms with Crippen molar-refractivity contribution in [2.45, 2.75) is 10.9 Å². The zero-order valence-electron chi connectivity index (χ0n) is 17.0. The maximum Gasteiger partial charge on any atom is 0.246 e. The van der Waals surface area contributed by atoms with E-state index in [1.807, 2.05) is 36.4 Å². The molecular weight excluding hydrogens is 396 g/mol. The Morgan fingerprint density at radius 2 is 1.23 bits per heavy atom. The highest BCUT2D eigenvalue weighted by atomic mass is 32.2. The third-order valence-corrected chi connectivity index (χ3v) is 7.49. The van der Waals surface area contributed by atoms with E-state index in [4.69, 9.17) is 4.74 Å². The molecule has 0 amide bonds. The van der Waals surface area contributed by atoms with Crippen molar-refractivity contribution in [2.75, 3.05) is 33.3 Å². The monoisotopic (exact) mass is 422 g/mol. The maximum absolute atomic E-state index is 13.2. The highest BCUT2D eigenvalue weighted by molar-refractivity contribution is 7.89. The van der Waals surface area contributed by atoms with Crippen LogP contribution in [0, 0.1) is 0 Å². The van der Waals surface area contributed by atoms with Gasteiger partial charge in [-0.25, -0.2) is 8.42 Å². The fourth-order valence-electron chi connectivity index (χ4n) is 4.06. The summed E-state index contributed by atoms with van der Waals surface area (Å²) in [6.07, 6.45) is 0. The van der Waals surface area contributed by atoms with E-state index in [0.717, 1.165) is 0 Å². The maximum atomic E-state index is 13.2. The van der Waals surface area contributed by atoms with Crippen LogP contribution in [0.4, 0.5) is 0 Å². The number of piperazine rings is 1. The number of hydrogen-bond donors (Lipinski definition) is 0. The van der Waals surface area contributed by atoms with Crippen molar-refractivity contribution in [3.8, 4) is 5.75 Å². The van der Waals surface area contributed by atoms with Gasteiger partial charge in [0.25, 0.3) is 0 Å². The van der Waals surface area contributed by atoms with Crippen LogP contribution in [0.3, 0.4) is 0 Å². The van der Waals surface area contributed by atoms with Gasteiger partial charge in [-0.1, -0.05) is 72.8 Å². The molecule has 6 heteroatoms. The number of benzene rings is 3. The average molecular weight is 423 g/mol. The number of hydrogen-bond acceptors (Lipinski definition) is 4. The van der Waals surface area contributed by atoms with Gasteiger partial charge in [0, 0.05) is 26.2 Å². The first-order chi connectivity index (χ1) is 14.6. The Balaban J connectivity index is 1.57. The first-order valence-corrected chi connectivity index (χ1v) is 11.5. The summed E-state index contributed by atoms with van der Waals surface area (Å²) in [7, 11) is -2.10. The summed E-state index contributed by atoms with van der Waals surface area (Å²) >= 11 is 0. The third kappa shape index (κ3) is 4.12. The molecule has 1 aliphatic rings. The topological polar surface area (TPSA) is 49.9 Å². The molecule has 3 aromatic rings. The van der Waals surface area contributed by atoms with Crippen molar-refractivity contribution in [1.82, 2.24) is 9.21 Å². The first-order valence-electron chi connectivity index (χ1n) is 10.1. The molecule has 1 fully saturated rings. The number of rotatable bonds is 6. The smallest absolute Gasteiger partial charge is 0.246 e. The molecule has 156 valence electrons. The van der Waals surface area contributed by atoms with Crippen molar-refractivity contribution in [3.05, 3.63) is 96.1 Å². The summed E-state index contributed by atoms with van der Waals surface area (Å²) in [5, 5.41) is 0. The predicted octanol–water partition coefficient (Wildman–Crippen LogP) is 3.79. The molecular formula is C24H26N2O3S. The predicted molar refractivity (Wildman–Crippen MR) is 118 cm³/mol. The van der Waals surface area contributed by atoms with E-state index in [1.165, 1.54) is 18.2 Å². The molecule has 0 unspecified atom stereocenters. The quantitative estimate of drug-likeness (QED) is 0.607. The molecule has 0 atom stereocenters. The van der Waals surface area contributed by atoms with Crippen LogP contribution in [0.25, 0.3) is 0 Å². The van der Waals surface area contributed by atoms with Crippen LogP contribution in [0.5, 0.6) is 5.75 Å². The van der Waals surface area contributed by atoms with Crippen molar-refractivity contribution in [1.29, 1.82) is 0 Å². The number of para-hydroxylation sites is 1. The molecule has 0 aromatic heterocycles. The molecule has 1 heterocycles. The van der Waals surface area contributed by atoms with Gasteiger partial charge in [0.15, 0.2) is 0 Å². The van der Waals surface area contributed by atoms with Crippen molar-refractivity contribution in [3.63, 3.8) is 0 Å². The Morgan fingerprint density at radius 1 is 0.733 bits per heavy atom. The van der Waals surface area contributed by atoms with Crippen molar-refractivity contribution in [2.24, 2.45) is 0 Å². The van der Waals surface area contributed by atoms with Crippen LogP contribution < -0.4 is 4.74 Å². The van der Waals surface area contributed by atoms with Gasteiger partial charge < -0.3 is 4.74 Å². The van der Waals surface area contributed by atoms with Gasteiger partial charge in [0.1, 0.15) is 10.6 Å². The largest absolute Gasteiger partial charge is 0.495 e. The molecule has 0 N–H and O–H groups in total. The molecule has 1 saturated heterocycles. The van der Waals surface area contributed by atoms with Gasteiger partial charge in [-0.05, 0) is 23.3 Å². The van der Waals surface area contributed by atoms with Crippen LogP contribution in [-0.4, -0.2) is 50.9 Å². The van der Waals surface area contributed by atoms with Gasteiger partial charge in [-0.15, -0.1) is 0 Å². The standard InChI is InChI=1S/C24H26N2O3S/c1-29-22-14-8-9-15-23(22)30(27,28)26-18-16-25(17-19-26)24(20-10-4-2-5-11-20)21-12-6-3-7-13-21/h2-15,24H,16-19H2,1H3. The molecule has 4 rings (SSSR count). The van der Waals surface area contributed by atoms with Crippen LogP contribution in [0.2, 0.25) is 0 Å². The summed E-state index contributed by atoms with van der Waals surface area (Å²) in [6, 6.07) is 27.7. The summed E-state index contributed by atoms with van der Waals surface area (Å²) in [5.41, 5.74) is 2.43. The van der Waals surface area contributed by atoms with Gasteiger partial charge in [0.05, 0.1) is 13.2 Å². The van der Waals surface area contributed by atoms with Crippen LogP contribution >= 0.6 is 0 Å². The Morgan fingerprint density at radius 3 is 1.77 bits per heavy atom. The first kappa shape index (κ1) is 20.6. The van der Waals surface area contributed by atoms with Crippen molar-refractivity contribution < 1.29 is 13.2 Å². The van der Waals surface area contributed by atoms with Crippen LogP contribution in [0.1, 0.15) is 17.2 Å². The van der Waals surface area contributed by atoms with Gasteiger partial charge in [-0.2, -0.15) is 4.31 Å². The second kappa shape index (κ2) is 9.00. The summed E-state index contributed by atoms with van der Waals surface area (Å²) in [6.45, 7) is 2.19. The SMILES string of the molecule is COc1ccccc1S(=O)(=O)N1CCN(C(c2ccccc2)c2ccccc2)CC1. The minimum atomic E-state index is -3.60. The fourth-order valence-corrected chi connectivity index (χ4v) is 5.64. The number of nitrogens with zero attached hydrogens (tertiary/aromatic N) is 2. The summed E-state index contributed by atoms with van der Waals surface area (Å²) < 4.78 is 33.3. The van der Waals surface area contributed by atoms with Crippen LogP contribution in [0.15, 0.2) is 89.8 Å². The lowest BCUT2D eigenvalue weighted by Gasteiger charge is -2.39. The third-order valence-electron chi connectivity index (χ3n) is 5.56. The van der Waals surface area contributed by atoms with E-state index >= 15 is 0 Å². The minimum absolute atomic E-state index is 0.100. The Kier molecular flexibility index (Phi) is 6.18. The van der Waals surface area contributed by atoms with E-state index in [2.05, 4.69) is 29.2 Å². The average Bonchev–Trinajstić information content (AvgIpc) is 2.81. The molecule has 0 aliphatic carbocycles. The molecule has 1 aliphatic heterocycles. The molecule has 30 heavy (non-hydrogen) atoms. The fraction of sp³-hybridized carbons (Fsp3) is 0.250. The van der Waals surface area contributed by atoms with Crippen molar-refractivity contribution >= 4 is 10.0 Å². The molecule has 0 radical (unpaired) electrons. The Hall–Kier alpha value is -2.67. The van der Waals surface area contributed by atoms with E-state index in [9.17, 15) is 8.42 Å². The van der Waals surface area contributed by atoms with E-state index < -0.39 is 10.0 Å². The highest BCUT2D eigenvalue weighted by Gasteiger charge is 2.33. The van der Waals surface area contributed by atoms with Gasteiger partial charge >= 0.3 is 0 Å². The molecule has 0 spiro atoms. The normalized spacial score (nSPS) is 15.9. The molecule has 5 nitrogen and oxygen atoms in total. The second-order valence-corrected chi connectivity index (χ2v) is 9.22. The lowest BCUT2D eigenvalue weighted by Crippen LogP contribution is -2.49.